The van der Waals surface area contributed by atoms with Gasteiger partial charge in [-0.1, -0.05) is 0 Å². The highest BCUT2D eigenvalue weighted by Crippen LogP contribution is 2.22. The molecule has 0 radical (unpaired) electrons. The van der Waals surface area contributed by atoms with E-state index < -0.39 is 0 Å². The minimum absolute atomic E-state index is 0.584. The highest BCUT2D eigenvalue weighted by atomic mass is 15.2. The zero-order valence-electron chi connectivity index (χ0n) is 15.8. The minimum Gasteiger partial charge on any atom is -0.369 e. The van der Waals surface area contributed by atoms with Gasteiger partial charge in [-0.15, -0.1) is 0 Å². The Bertz CT molecular complexity index is 883. The Labute approximate surface area is 159 Å². The van der Waals surface area contributed by atoms with E-state index in [9.17, 15) is 0 Å². The molecule has 0 bridgehead atoms. The van der Waals surface area contributed by atoms with Crippen molar-refractivity contribution in [1.82, 2.24) is 19.9 Å². The molecule has 0 saturated carbocycles. The Morgan fingerprint density at radius 1 is 0.889 bits per heavy atom. The molecule has 0 unspecified atom stereocenters. The molecular formula is C21H24N6. The van der Waals surface area contributed by atoms with Crippen LogP contribution in [0.5, 0.6) is 0 Å². The Morgan fingerprint density at radius 2 is 1.67 bits per heavy atom. The van der Waals surface area contributed by atoms with Crippen LogP contribution in [0.3, 0.4) is 0 Å². The van der Waals surface area contributed by atoms with Gasteiger partial charge >= 0.3 is 0 Å². The lowest BCUT2D eigenvalue weighted by atomic mass is 10.2. The molecule has 6 heteroatoms. The van der Waals surface area contributed by atoms with Gasteiger partial charge in [0.05, 0.1) is 5.69 Å². The first-order chi connectivity index (χ1) is 13.2. The van der Waals surface area contributed by atoms with Crippen LogP contribution in [0.4, 0.5) is 17.3 Å². The number of rotatable bonds is 4. The van der Waals surface area contributed by atoms with Gasteiger partial charge in [0.1, 0.15) is 0 Å². The summed E-state index contributed by atoms with van der Waals surface area (Å²) < 4.78 is 0. The molecule has 0 amide bonds. The molecule has 1 N–H and O–H groups in total. The summed E-state index contributed by atoms with van der Waals surface area (Å²) in [6.07, 6.45) is 3.61. The fourth-order valence-corrected chi connectivity index (χ4v) is 3.15. The van der Waals surface area contributed by atoms with Gasteiger partial charge in [0.15, 0.2) is 0 Å². The summed E-state index contributed by atoms with van der Waals surface area (Å²) in [4.78, 5) is 18.1. The van der Waals surface area contributed by atoms with Crippen molar-refractivity contribution in [2.75, 3.05) is 43.4 Å². The van der Waals surface area contributed by atoms with Gasteiger partial charge in [-0.3, -0.25) is 4.98 Å². The molecule has 1 aromatic carbocycles. The monoisotopic (exact) mass is 360 g/mol. The number of likely N-dealkylation sites (N-methyl/N-ethyl adjacent to an activating group) is 1. The number of hydrogen-bond donors (Lipinski definition) is 1. The second-order valence-electron chi connectivity index (χ2n) is 6.92. The quantitative estimate of drug-likeness (QED) is 0.770. The van der Waals surface area contributed by atoms with Gasteiger partial charge in [0.2, 0.25) is 5.95 Å². The molecule has 3 heterocycles. The molecule has 3 aromatic rings. The highest BCUT2D eigenvalue weighted by Gasteiger charge is 2.14. The van der Waals surface area contributed by atoms with Crippen LogP contribution >= 0.6 is 0 Å². The second kappa shape index (κ2) is 7.72. The largest absolute Gasteiger partial charge is 0.369 e. The van der Waals surface area contributed by atoms with Crippen LogP contribution in [0.2, 0.25) is 0 Å². The number of aromatic nitrogens is 3. The van der Waals surface area contributed by atoms with Gasteiger partial charge in [-0.05, 0) is 56.4 Å². The van der Waals surface area contributed by atoms with Crippen molar-refractivity contribution in [2.45, 2.75) is 6.92 Å². The summed E-state index contributed by atoms with van der Waals surface area (Å²) in [7, 11) is 2.17. The van der Waals surface area contributed by atoms with Gasteiger partial charge in [-0.25, -0.2) is 9.97 Å². The maximum absolute atomic E-state index is 4.61. The van der Waals surface area contributed by atoms with E-state index in [-0.39, 0.29) is 0 Å². The summed E-state index contributed by atoms with van der Waals surface area (Å²) in [6, 6.07) is 14.4. The maximum atomic E-state index is 4.61. The molecule has 138 valence electrons. The average molecular weight is 360 g/mol. The van der Waals surface area contributed by atoms with Gasteiger partial charge in [-0.2, -0.15) is 0 Å². The smallest absolute Gasteiger partial charge is 0.227 e. The molecule has 27 heavy (non-hydrogen) atoms. The van der Waals surface area contributed by atoms with Gasteiger partial charge < -0.3 is 15.1 Å². The predicted octanol–water partition coefficient (Wildman–Crippen LogP) is 3.34. The highest BCUT2D eigenvalue weighted by molar-refractivity contribution is 5.63. The van der Waals surface area contributed by atoms with E-state index in [1.807, 2.05) is 31.3 Å². The van der Waals surface area contributed by atoms with E-state index in [4.69, 9.17) is 0 Å². The number of pyridine rings is 1. The van der Waals surface area contributed by atoms with Crippen molar-refractivity contribution in [2.24, 2.45) is 0 Å². The number of hydrogen-bond acceptors (Lipinski definition) is 6. The fraction of sp³-hybridized carbons (Fsp3) is 0.286. The molecule has 1 aliphatic heterocycles. The molecule has 0 aliphatic carbocycles. The maximum Gasteiger partial charge on any atom is 0.227 e. The van der Waals surface area contributed by atoms with Crippen molar-refractivity contribution in [3.05, 3.63) is 60.6 Å². The predicted molar refractivity (Wildman–Crippen MR) is 109 cm³/mol. The fourth-order valence-electron chi connectivity index (χ4n) is 3.15. The number of aryl methyl sites for hydroxylation is 1. The lowest BCUT2D eigenvalue weighted by Crippen LogP contribution is -2.44. The average Bonchev–Trinajstić information content (AvgIpc) is 2.70. The summed E-state index contributed by atoms with van der Waals surface area (Å²) >= 11 is 0. The minimum atomic E-state index is 0.584. The molecule has 0 spiro atoms. The van der Waals surface area contributed by atoms with Crippen molar-refractivity contribution < 1.29 is 0 Å². The first-order valence-electron chi connectivity index (χ1n) is 9.24. The van der Waals surface area contributed by atoms with E-state index in [0.29, 0.717) is 5.95 Å². The lowest BCUT2D eigenvalue weighted by Gasteiger charge is -2.34. The molecule has 0 atom stereocenters. The van der Waals surface area contributed by atoms with Crippen LogP contribution < -0.4 is 10.2 Å². The van der Waals surface area contributed by atoms with E-state index in [2.05, 4.69) is 61.4 Å². The van der Waals surface area contributed by atoms with Gasteiger partial charge in [0, 0.05) is 61.2 Å². The molecule has 4 rings (SSSR count). The van der Waals surface area contributed by atoms with E-state index in [1.165, 1.54) is 5.69 Å². The van der Waals surface area contributed by atoms with Crippen LogP contribution in [-0.2, 0) is 0 Å². The standard InChI is InChI=1S/C21H24N6/c1-16-3-4-17(15-23-16)20-9-10-22-21(25-20)24-18-5-7-19(8-6-18)27-13-11-26(2)12-14-27/h3-10,15H,11-14H2,1-2H3,(H,22,24,25). The van der Waals surface area contributed by atoms with Crippen LogP contribution in [0.1, 0.15) is 5.69 Å². The summed E-state index contributed by atoms with van der Waals surface area (Å²) in [5, 5.41) is 3.29. The van der Waals surface area contributed by atoms with Crippen molar-refractivity contribution in [1.29, 1.82) is 0 Å². The summed E-state index contributed by atoms with van der Waals surface area (Å²) in [6.45, 7) is 6.32. The molecule has 1 fully saturated rings. The van der Waals surface area contributed by atoms with Crippen LogP contribution in [0.25, 0.3) is 11.3 Å². The lowest BCUT2D eigenvalue weighted by molar-refractivity contribution is 0.313. The summed E-state index contributed by atoms with van der Waals surface area (Å²) in [5.74, 6) is 0.584. The first kappa shape index (κ1) is 17.4. The Kier molecular flexibility index (Phi) is 4.98. The van der Waals surface area contributed by atoms with Crippen LogP contribution in [0.15, 0.2) is 54.9 Å². The van der Waals surface area contributed by atoms with Crippen molar-refractivity contribution in [3.8, 4) is 11.3 Å². The van der Waals surface area contributed by atoms with E-state index >= 15 is 0 Å². The Hall–Kier alpha value is -2.99. The van der Waals surface area contributed by atoms with E-state index in [0.717, 1.165) is 48.8 Å². The molecule has 1 aliphatic rings. The topological polar surface area (TPSA) is 57.2 Å². The number of anilines is 3. The molecule has 6 nitrogen and oxygen atoms in total. The van der Waals surface area contributed by atoms with Crippen LogP contribution in [0, 0.1) is 6.92 Å². The van der Waals surface area contributed by atoms with Gasteiger partial charge in [0.25, 0.3) is 0 Å². The third-order valence-electron chi connectivity index (χ3n) is 4.85. The Morgan fingerprint density at radius 3 is 2.37 bits per heavy atom. The number of nitrogens with one attached hydrogen (secondary N) is 1. The molecule has 1 saturated heterocycles. The number of nitrogens with zero attached hydrogens (tertiary/aromatic N) is 5. The zero-order valence-corrected chi connectivity index (χ0v) is 15.8. The molecule has 2 aromatic heterocycles. The van der Waals surface area contributed by atoms with Crippen molar-refractivity contribution in [3.63, 3.8) is 0 Å². The zero-order chi connectivity index (χ0) is 18.6. The third-order valence-corrected chi connectivity index (χ3v) is 4.85. The Balaban J connectivity index is 1.46. The SMILES string of the molecule is Cc1ccc(-c2ccnc(Nc3ccc(N4CCN(C)CC4)cc3)n2)cn1. The second-order valence-corrected chi connectivity index (χ2v) is 6.92. The van der Waals surface area contributed by atoms with Crippen LogP contribution in [-0.4, -0.2) is 53.1 Å². The number of piperazine rings is 1. The third kappa shape index (κ3) is 4.23. The summed E-state index contributed by atoms with van der Waals surface area (Å²) in [5.41, 5.74) is 5.07. The van der Waals surface area contributed by atoms with Crippen molar-refractivity contribution >= 4 is 17.3 Å². The number of benzene rings is 1. The van der Waals surface area contributed by atoms with E-state index in [1.54, 1.807) is 6.20 Å². The molecular weight excluding hydrogens is 336 g/mol. The normalized spacial score (nSPS) is 15.0. The first-order valence-corrected chi connectivity index (χ1v) is 9.24.